The van der Waals surface area contributed by atoms with E-state index in [1.165, 1.54) is 12.8 Å². The molecule has 2 aromatic rings. The fourth-order valence-corrected chi connectivity index (χ4v) is 2.04. The van der Waals surface area contributed by atoms with Gasteiger partial charge in [-0.15, -0.1) is 10.2 Å². The summed E-state index contributed by atoms with van der Waals surface area (Å²) in [5, 5.41) is 12.7. The maximum absolute atomic E-state index is 4.44. The maximum Gasteiger partial charge on any atom is 0.167 e. The molecule has 0 N–H and O–H groups in total. The summed E-state index contributed by atoms with van der Waals surface area (Å²) in [6, 6.07) is 0.606. The third-order valence-corrected chi connectivity index (χ3v) is 2.99. The zero-order valence-corrected chi connectivity index (χ0v) is 9.59. The molecule has 0 unspecified atom stereocenters. The first kappa shape index (κ1) is 9.57. The van der Waals surface area contributed by atoms with Crippen LogP contribution in [0.2, 0.25) is 0 Å². The Kier molecular flexibility index (Phi) is 2.05. The summed E-state index contributed by atoms with van der Waals surface area (Å²) in [4.78, 5) is 0. The molecule has 2 heterocycles. The summed E-state index contributed by atoms with van der Waals surface area (Å²) < 4.78 is 4.02. The molecule has 5 heteroatoms. The van der Waals surface area contributed by atoms with Crippen LogP contribution in [0.1, 0.15) is 31.5 Å². The van der Waals surface area contributed by atoms with Crippen molar-refractivity contribution < 1.29 is 0 Å². The van der Waals surface area contributed by atoms with Gasteiger partial charge in [-0.1, -0.05) is 6.92 Å². The minimum Gasteiger partial charge on any atom is -0.310 e. The molecule has 1 saturated carbocycles. The van der Waals surface area contributed by atoms with Gasteiger partial charge in [0.05, 0.1) is 11.3 Å². The second-order valence-corrected chi connectivity index (χ2v) is 4.31. The normalized spacial score (nSPS) is 15.6. The second-order valence-electron chi connectivity index (χ2n) is 4.31. The van der Waals surface area contributed by atoms with E-state index in [0.717, 1.165) is 23.5 Å². The lowest BCUT2D eigenvalue weighted by Gasteiger charge is -2.03. The zero-order chi connectivity index (χ0) is 11.1. The van der Waals surface area contributed by atoms with Crippen molar-refractivity contribution in [1.29, 1.82) is 0 Å². The van der Waals surface area contributed by atoms with Crippen molar-refractivity contribution in [3.05, 3.63) is 18.2 Å². The van der Waals surface area contributed by atoms with Crippen LogP contribution >= 0.6 is 0 Å². The molecule has 0 atom stereocenters. The highest BCUT2D eigenvalue weighted by Crippen LogP contribution is 2.37. The molecule has 5 nitrogen and oxygen atoms in total. The van der Waals surface area contributed by atoms with Gasteiger partial charge >= 0.3 is 0 Å². The van der Waals surface area contributed by atoms with Crippen LogP contribution in [0.25, 0.3) is 11.4 Å². The number of aryl methyl sites for hydroxylation is 2. The molecule has 3 rings (SSSR count). The third kappa shape index (κ3) is 1.43. The molecule has 0 radical (unpaired) electrons. The Labute approximate surface area is 94.1 Å². The lowest BCUT2D eigenvalue weighted by Crippen LogP contribution is -1.97. The molecule has 1 aliphatic rings. The van der Waals surface area contributed by atoms with Crippen LogP contribution in [-0.4, -0.2) is 24.5 Å². The number of hydrogen-bond acceptors (Lipinski definition) is 3. The van der Waals surface area contributed by atoms with Gasteiger partial charge in [0.15, 0.2) is 5.82 Å². The van der Waals surface area contributed by atoms with Gasteiger partial charge in [-0.25, -0.2) is 0 Å². The molecule has 0 aromatic carbocycles. The first-order valence-corrected chi connectivity index (χ1v) is 5.72. The van der Waals surface area contributed by atoms with Crippen LogP contribution in [-0.2, 0) is 13.5 Å². The van der Waals surface area contributed by atoms with E-state index >= 15 is 0 Å². The predicted octanol–water partition coefficient (Wildman–Crippen LogP) is 1.58. The van der Waals surface area contributed by atoms with Crippen molar-refractivity contribution in [1.82, 2.24) is 24.5 Å². The van der Waals surface area contributed by atoms with Crippen LogP contribution in [0.15, 0.2) is 12.5 Å². The SMILES string of the molecule is CCc1nn(C)cc1-c1nncn1C1CC1. The topological polar surface area (TPSA) is 48.5 Å². The van der Waals surface area contributed by atoms with Crippen molar-refractivity contribution >= 4 is 0 Å². The van der Waals surface area contributed by atoms with Crippen molar-refractivity contribution in [3.63, 3.8) is 0 Å². The van der Waals surface area contributed by atoms with Crippen LogP contribution < -0.4 is 0 Å². The van der Waals surface area contributed by atoms with Crippen LogP contribution in [0, 0.1) is 0 Å². The Morgan fingerprint density at radius 2 is 2.25 bits per heavy atom. The molecule has 2 aromatic heterocycles. The predicted molar refractivity (Wildman–Crippen MR) is 59.9 cm³/mol. The van der Waals surface area contributed by atoms with Gasteiger partial charge in [0.25, 0.3) is 0 Å². The Bertz CT molecular complexity index is 506. The second kappa shape index (κ2) is 3.43. The lowest BCUT2D eigenvalue weighted by atomic mass is 10.2. The quantitative estimate of drug-likeness (QED) is 0.784. The highest BCUT2D eigenvalue weighted by Gasteiger charge is 2.27. The first-order valence-electron chi connectivity index (χ1n) is 5.72. The molecular formula is C11H15N5. The average Bonchev–Trinajstić information content (AvgIpc) is 2.89. The molecule has 0 aliphatic heterocycles. The van der Waals surface area contributed by atoms with Gasteiger partial charge in [0.1, 0.15) is 6.33 Å². The highest BCUT2D eigenvalue weighted by molar-refractivity contribution is 5.57. The van der Waals surface area contributed by atoms with E-state index in [2.05, 4.69) is 26.8 Å². The summed E-state index contributed by atoms with van der Waals surface area (Å²) >= 11 is 0. The molecule has 0 spiro atoms. The maximum atomic E-state index is 4.44. The van der Waals surface area contributed by atoms with Crippen molar-refractivity contribution in [2.24, 2.45) is 7.05 Å². The molecule has 0 amide bonds. The number of rotatable bonds is 3. The smallest absolute Gasteiger partial charge is 0.167 e. The van der Waals surface area contributed by atoms with Crippen LogP contribution in [0.3, 0.4) is 0 Å². The molecule has 16 heavy (non-hydrogen) atoms. The Balaban J connectivity index is 2.09. The van der Waals surface area contributed by atoms with Gasteiger partial charge in [-0.3, -0.25) is 4.68 Å². The molecule has 84 valence electrons. The minimum absolute atomic E-state index is 0.606. The van der Waals surface area contributed by atoms with E-state index in [-0.39, 0.29) is 0 Å². The number of nitrogens with zero attached hydrogens (tertiary/aromatic N) is 5. The lowest BCUT2D eigenvalue weighted by molar-refractivity contribution is 0.745. The average molecular weight is 217 g/mol. The van der Waals surface area contributed by atoms with Crippen LogP contribution in [0.5, 0.6) is 0 Å². The fourth-order valence-electron chi connectivity index (χ4n) is 2.04. The third-order valence-electron chi connectivity index (χ3n) is 2.99. The summed E-state index contributed by atoms with van der Waals surface area (Å²) in [6.07, 6.45) is 7.27. The zero-order valence-electron chi connectivity index (χ0n) is 9.59. The number of aromatic nitrogens is 5. The summed E-state index contributed by atoms with van der Waals surface area (Å²) in [5.41, 5.74) is 2.21. The van der Waals surface area contributed by atoms with Gasteiger partial charge in [-0.2, -0.15) is 5.10 Å². The van der Waals surface area contributed by atoms with Gasteiger partial charge in [-0.05, 0) is 19.3 Å². The van der Waals surface area contributed by atoms with E-state index < -0.39 is 0 Å². The summed E-state index contributed by atoms with van der Waals surface area (Å²) in [5.74, 6) is 0.965. The van der Waals surface area contributed by atoms with Gasteiger partial charge < -0.3 is 4.57 Å². The molecular weight excluding hydrogens is 202 g/mol. The van der Waals surface area contributed by atoms with Gasteiger partial charge in [0.2, 0.25) is 0 Å². The molecule has 0 bridgehead atoms. The highest BCUT2D eigenvalue weighted by atomic mass is 15.3. The largest absolute Gasteiger partial charge is 0.310 e. The molecule has 1 aliphatic carbocycles. The molecule has 0 saturated heterocycles. The minimum atomic E-state index is 0.606. The van der Waals surface area contributed by atoms with Crippen molar-refractivity contribution in [2.75, 3.05) is 0 Å². The standard InChI is InChI=1S/C11H15N5/c1-3-10-9(6-15(2)14-10)11-13-12-7-16(11)8-4-5-8/h6-8H,3-5H2,1-2H3. The van der Waals surface area contributed by atoms with E-state index in [9.17, 15) is 0 Å². The first-order chi connectivity index (χ1) is 7.79. The van der Waals surface area contributed by atoms with E-state index in [1.54, 1.807) is 0 Å². The molecule has 1 fully saturated rings. The van der Waals surface area contributed by atoms with E-state index in [0.29, 0.717) is 6.04 Å². The van der Waals surface area contributed by atoms with E-state index in [4.69, 9.17) is 0 Å². The summed E-state index contributed by atoms with van der Waals surface area (Å²) in [6.45, 7) is 2.11. The number of hydrogen-bond donors (Lipinski definition) is 0. The Morgan fingerprint density at radius 1 is 1.44 bits per heavy atom. The monoisotopic (exact) mass is 217 g/mol. The van der Waals surface area contributed by atoms with Crippen molar-refractivity contribution in [2.45, 2.75) is 32.2 Å². The Morgan fingerprint density at radius 3 is 2.94 bits per heavy atom. The van der Waals surface area contributed by atoms with Crippen LogP contribution in [0.4, 0.5) is 0 Å². The summed E-state index contributed by atoms with van der Waals surface area (Å²) in [7, 11) is 1.94. The fraction of sp³-hybridized carbons (Fsp3) is 0.545. The van der Waals surface area contributed by atoms with Crippen molar-refractivity contribution in [3.8, 4) is 11.4 Å². The Hall–Kier alpha value is -1.65. The van der Waals surface area contributed by atoms with Gasteiger partial charge in [0, 0.05) is 19.3 Å². The van der Waals surface area contributed by atoms with E-state index in [1.807, 2.05) is 24.3 Å².